The first kappa shape index (κ1) is 15.2. The lowest BCUT2D eigenvalue weighted by Crippen LogP contribution is -2.17. The maximum absolute atomic E-state index is 12.1. The molecule has 0 spiro atoms. The third kappa shape index (κ3) is 3.54. The lowest BCUT2D eigenvalue weighted by Gasteiger charge is -2.06. The summed E-state index contributed by atoms with van der Waals surface area (Å²) in [5, 5.41) is 8.23. The van der Waals surface area contributed by atoms with E-state index in [0.29, 0.717) is 23.6 Å². The summed E-state index contributed by atoms with van der Waals surface area (Å²) in [6, 6.07) is 4.85. The van der Waals surface area contributed by atoms with Crippen LogP contribution in [0, 0.1) is 0 Å². The number of anilines is 1. The Hall–Kier alpha value is -2.74. The van der Waals surface area contributed by atoms with Gasteiger partial charge in [0.25, 0.3) is 5.56 Å². The molecular formula is C15H19N7O. The highest BCUT2D eigenvalue weighted by atomic mass is 16.1. The highest BCUT2D eigenvalue weighted by molar-refractivity contribution is 5.51. The van der Waals surface area contributed by atoms with E-state index in [-0.39, 0.29) is 5.56 Å². The normalized spacial score (nSPS) is 11.4. The first-order chi connectivity index (χ1) is 11.0. The Morgan fingerprint density at radius 3 is 2.87 bits per heavy atom. The Balaban J connectivity index is 1.83. The molecule has 3 aromatic rings. The minimum Gasteiger partial charge on any atom is -0.399 e. The van der Waals surface area contributed by atoms with Crippen molar-refractivity contribution in [2.45, 2.75) is 13.0 Å². The quantitative estimate of drug-likeness (QED) is 0.713. The number of aromatic nitrogens is 5. The van der Waals surface area contributed by atoms with Gasteiger partial charge in [-0.2, -0.15) is 0 Å². The number of nitrogen functional groups attached to an aromatic ring is 1. The fraction of sp³-hybridized carbons (Fsp3) is 0.333. The van der Waals surface area contributed by atoms with Crippen LogP contribution in [0.2, 0.25) is 0 Å². The van der Waals surface area contributed by atoms with Gasteiger partial charge in [-0.3, -0.25) is 9.20 Å². The molecule has 0 aromatic carbocycles. The zero-order valence-corrected chi connectivity index (χ0v) is 13.2. The van der Waals surface area contributed by atoms with Crippen molar-refractivity contribution in [1.29, 1.82) is 0 Å². The molecule has 0 aliphatic rings. The number of likely N-dealkylation sites (N-methyl/N-ethyl adjacent to an activating group) is 1. The fourth-order valence-electron chi connectivity index (χ4n) is 2.28. The zero-order chi connectivity index (χ0) is 16.4. The molecule has 0 saturated carbocycles. The van der Waals surface area contributed by atoms with Gasteiger partial charge in [0.15, 0.2) is 0 Å². The summed E-state index contributed by atoms with van der Waals surface area (Å²) in [6.45, 7) is 1.31. The lowest BCUT2D eigenvalue weighted by atomic mass is 10.3. The van der Waals surface area contributed by atoms with Gasteiger partial charge in [0, 0.05) is 43.2 Å². The van der Waals surface area contributed by atoms with Gasteiger partial charge in [-0.15, -0.1) is 5.10 Å². The molecule has 0 unspecified atom stereocenters. The number of nitrogens with zero attached hydrogens (tertiary/aromatic N) is 6. The molecule has 0 atom stereocenters. The number of pyridine rings is 1. The van der Waals surface area contributed by atoms with Gasteiger partial charge in [0.05, 0.1) is 17.9 Å². The number of rotatable bonds is 5. The Morgan fingerprint density at radius 1 is 1.26 bits per heavy atom. The molecule has 2 N–H and O–H groups in total. The van der Waals surface area contributed by atoms with Crippen LogP contribution in [0.15, 0.2) is 35.4 Å². The van der Waals surface area contributed by atoms with Crippen molar-refractivity contribution in [2.24, 2.45) is 0 Å². The van der Waals surface area contributed by atoms with Crippen molar-refractivity contribution in [1.82, 2.24) is 29.3 Å². The molecule has 23 heavy (non-hydrogen) atoms. The van der Waals surface area contributed by atoms with Gasteiger partial charge < -0.3 is 10.6 Å². The average Bonchev–Trinajstić information content (AvgIpc) is 2.92. The van der Waals surface area contributed by atoms with Crippen LogP contribution in [0.5, 0.6) is 0 Å². The third-order valence-corrected chi connectivity index (χ3v) is 3.47. The van der Waals surface area contributed by atoms with Gasteiger partial charge in [0.2, 0.25) is 0 Å². The predicted molar refractivity (Wildman–Crippen MR) is 87.3 cm³/mol. The van der Waals surface area contributed by atoms with Crippen LogP contribution in [0.4, 0.5) is 5.69 Å². The second kappa shape index (κ2) is 6.17. The second-order valence-electron chi connectivity index (χ2n) is 5.73. The molecule has 3 heterocycles. The van der Waals surface area contributed by atoms with Gasteiger partial charge in [-0.1, -0.05) is 5.21 Å². The van der Waals surface area contributed by atoms with Crippen LogP contribution in [0.3, 0.4) is 0 Å². The van der Waals surface area contributed by atoms with E-state index in [1.807, 2.05) is 20.3 Å². The minimum absolute atomic E-state index is 0.141. The molecule has 0 saturated heterocycles. The Labute approximate surface area is 133 Å². The zero-order valence-electron chi connectivity index (χ0n) is 13.2. The summed E-state index contributed by atoms with van der Waals surface area (Å²) in [4.78, 5) is 18.7. The predicted octanol–water partition coefficient (Wildman–Crippen LogP) is 0.0206. The van der Waals surface area contributed by atoms with Gasteiger partial charge in [-0.25, -0.2) is 9.67 Å². The molecule has 120 valence electrons. The van der Waals surface area contributed by atoms with E-state index in [2.05, 4.69) is 20.2 Å². The van der Waals surface area contributed by atoms with Crippen LogP contribution < -0.4 is 11.3 Å². The first-order valence-corrected chi connectivity index (χ1v) is 7.33. The monoisotopic (exact) mass is 313 g/mol. The van der Waals surface area contributed by atoms with Crippen molar-refractivity contribution in [3.8, 4) is 0 Å². The Bertz CT molecular complexity index is 881. The molecule has 0 aliphatic carbocycles. The third-order valence-electron chi connectivity index (χ3n) is 3.47. The van der Waals surface area contributed by atoms with Crippen molar-refractivity contribution in [3.05, 3.63) is 52.3 Å². The molecule has 0 amide bonds. The second-order valence-corrected chi connectivity index (χ2v) is 5.73. The molecule has 0 fully saturated rings. The average molecular weight is 313 g/mol. The maximum Gasteiger partial charge on any atom is 0.258 e. The van der Waals surface area contributed by atoms with Crippen molar-refractivity contribution in [3.63, 3.8) is 0 Å². The summed E-state index contributed by atoms with van der Waals surface area (Å²) >= 11 is 0. The topological polar surface area (TPSA) is 94.3 Å². The molecule has 0 radical (unpaired) electrons. The van der Waals surface area contributed by atoms with E-state index in [0.717, 1.165) is 18.7 Å². The summed E-state index contributed by atoms with van der Waals surface area (Å²) in [6.07, 6.45) is 4.34. The standard InChI is InChI=1S/C15H19N7O/c1-20(2)5-4-12-9-21(19-18-12)10-13-8-15(23)22-6-3-11(16)7-14(22)17-13/h3,6-9H,4-5,10,16H2,1-2H3. The summed E-state index contributed by atoms with van der Waals surface area (Å²) in [5.41, 5.74) is 8.25. The highest BCUT2D eigenvalue weighted by Gasteiger charge is 2.06. The Kier molecular flexibility index (Phi) is 4.07. The van der Waals surface area contributed by atoms with Gasteiger partial charge >= 0.3 is 0 Å². The number of hydrogen-bond acceptors (Lipinski definition) is 6. The summed E-state index contributed by atoms with van der Waals surface area (Å²) < 4.78 is 3.15. The van der Waals surface area contributed by atoms with Crippen LogP contribution in [-0.2, 0) is 13.0 Å². The van der Waals surface area contributed by atoms with Crippen LogP contribution >= 0.6 is 0 Å². The van der Waals surface area contributed by atoms with Crippen molar-refractivity contribution < 1.29 is 0 Å². The SMILES string of the molecule is CN(C)CCc1cn(Cc2cc(=O)n3ccc(N)cc3n2)nn1. The molecule has 0 bridgehead atoms. The van der Waals surface area contributed by atoms with Crippen molar-refractivity contribution in [2.75, 3.05) is 26.4 Å². The fourth-order valence-corrected chi connectivity index (χ4v) is 2.28. The van der Waals surface area contributed by atoms with Crippen LogP contribution in [0.1, 0.15) is 11.4 Å². The van der Waals surface area contributed by atoms with Gasteiger partial charge in [-0.05, 0) is 20.2 Å². The molecule has 8 heteroatoms. The van der Waals surface area contributed by atoms with E-state index in [1.165, 1.54) is 10.5 Å². The smallest absolute Gasteiger partial charge is 0.258 e. The lowest BCUT2D eigenvalue weighted by molar-refractivity contribution is 0.411. The van der Waals surface area contributed by atoms with Crippen molar-refractivity contribution >= 4 is 11.3 Å². The van der Waals surface area contributed by atoms with Crippen LogP contribution in [-0.4, -0.2) is 49.9 Å². The Morgan fingerprint density at radius 2 is 2.09 bits per heavy atom. The number of hydrogen-bond donors (Lipinski definition) is 1. The molecule has 0 aliphatic heterocycles. The largest absolute Gasteiger partial charge is 0.399 e. The highest BCUT2D eigenvalue weighted by Crippen LogP contribution is 2.06. The molecule has 3 aromatic heterocycles. The summed E-state index contributed by atoms with van der Waals surface area (Å²) in [5.74, 6) is 0. The van der Waals surface area contributed by atoms with E-state index in [9.17, 15) is 4.79 Å². The van der Waals surface area contributed by atoms with E-state index >= 15 is 0 Å². The first-order valence-electron chi connectivity index (χ1n) is 7.33. The van der Waals surface area contributed by atoms with E-state index in [4.69, 9.17) is 5.73 Å². The number of fused-ring (bicyclic) bond motifs is 1. The molecular weight excluding hydrogens is 294 g/mol. The number of nitrogens with two attached hydrogens (primary N) is 1. The van der Waals surface area contributed by atoms with E-state index in [1.54, 1.807) is 23.0 Å². The van der Waals surface area contributed by atoms with E-state index < -0.39 is 0 Å². The molecule has 3 rings (SSSR count). The summed E-state index contributed by atoms with van der Waals surface area (Å²) in [7, 11) is 4.03. The van der Waals surface area contributed by atoms with Crippen LogP contribution in [0.25, 0.3) is 5.65 Å². The van der Waals surface area contributed by atoms with Gasteiger partial charge in [0.1, 0.15) is 5.65 Å². The minimum atomic E-state index is -0.141. The molecule has 8 nitrogen and oxygen atoms in total. The maximum atomic E-state index is 12.1.